The highest BCUT2D eigenvalue weighted by Crippen LogP contribution is 2.42. The first-order valence-electron chi connectivity index (χ1n) is 7.66. The Bertz CT molecular complexity index is 690. The molecule has 0 aliphatic heterocycles. The molecule has 23 heavy (non-hydrogen) atoms. The van der Waals surface area contributed by atoms with Gasteiger partial charge in [0.2, 0.25) is 0 Å². The van der Waals surface area contributed by atoms with Crippen LogP contribution < -0.4 is 9.47 Å². The molecule has 0 N–H and O–H groups in total. The highest BCUT2D eigenvalue weighted by molar-refractivity contribution is 5.55. The number of benzene rings is 3. The van der Waals surface area contributed by atoms with E-state index in [1.54, 1.807) is 14.2 Å². The minimum absolute atomic E-state index is 0.0588. The lowest BCUT2D eigenvalue weighted by Gasteiger charge is -2.23. The summed E-state index contributed by atoms with van der Waals surface area (Å²) in [5.41, 5.74) is 3.47. The molecule has 0 heterocycles. The van der Waals surface area contributed by atoms with Gasteiger partial charge in [-0.15, -0.1) is 0 Å². The zero-order valence-corrected chi connectivity index (χ0v) is 13.4. The van der Waals surface area contributed by atoms with Crippen molar-refractivity contribution >= 4 is 0 Å². The molecule has 0 radical (unpaired) electrons. The van der Waals surface area contributed by atoms with Crippen LogP contribution in [0.5, 0.6) is 11.5 Å². The zero-order valence-electron chi connectivity index (χ0n) is 13.4. The van der Waals surface area contributed by atoms with Gasteiger partial charge in [-0.05, 0) is 23.3 Å². The fourth-order valence-electron chi connectivity index (χ4n) is 2.98. The fourth-order valence-corrected chi connectivity index (χ4v) is 2.98. The summed E-state index contributed by atoms with van der Waals surface area (Å²) in [6.07, 6.45) is 0. The summed E-state index contributed by atoms with van der Waals surface area (Å²) in [6.45, 7) is 0. The lowest BCUT2D eigenvalue weighted by atomic mass is 9.84. The number of ether oxygens (including phenoxy) is 2. The van der Waals surface area contributed by atoms with Gasteiger partial charge in [0.25, 0.3) is 0 Å². The normalized spacial score (nSPS) is 10.6. The summed E-state index contributed by atoms with van der Waals surface area (Å²) in [5.74, 6) is 1.73. The van der Waals surface area contributed by atoms with Crippen molar-refractivity contribution in [3.63, 3.8) is 0 Å². The maximum absolute atomic E-state index is 5.63. The van der Waals surface area contributed by atoms with Crippen molar-refractivity contribution < 1.29 is 9.47 Å². The molecule has 0 saturated heterocycles. The highest BCUT2D eigenvalue weighted by atomic mass is 16.5. The number of hydrogen-bond donors (Lipinski definition) is 0. The van der Waals surface area contributed by atoms with Crippen LogP contribution in [0.1, 0.15) is 22.6 Å². The van der Waals surface area contributed by atoms with Crippen LogP contribution in [0.15, 0.2) is 78.9 Å². The molecule has 0 aromatic heterocycles. The van der Waals surface area contributed by atoms with E-state index < -0.39 is 0 Å². The molecule has 3 aromatic rings. The third-order valence-electron chi connectivity index (χ3n) is 4.02. The van der Waals surface area contributed by atoms with E-state index in [4.69, 9.17) is 9.47 Å². The quantitative estimate of drug-likeness (QED) is 0.625. The van der Waals surface area contributed by atoms with E-state index >= 15 is 0 Å². The van der Waals surface area contributed by atoms with Crippen LogP contribution in [0.25, 0.3) is 0 Å². The van der Waals surface area contributed by atoms with Crippen molar-refractivity contribution in [2.24, 2.45) is 0 Å². The van der Waals surface area contributed by atoms with Gasteiger partial charge < -0.3 is 9.47 Å². The Morgan fingerprint density at radius 3 is 1.39 bits per heavy atom. The van der Waals surface area contributed by atoms with Crippen molar-refractivity contribution in [1.29, 1.82) is 0 Å². The van der Waals surface area contributed by atoms with E-state index in [0.29, 0.717) is 0 Å². The van der Waals surface area contributed by atoms with E-state index in [1.807, 2.05) is 30.3 Å². The topological polar surface area (TPSA) is 18.5 Å². The minimum atomic E-state index is 0.0588. The van der Waals surface area contributed by atoms with Gasteiger partial charge in [-0.1, -0.05) is 66.7 Å². The third-order valence-corrected chi connectivity index (χ3v) is 4.02. The molecule has 2 nitrogen and oxygen atoms in total. The Hall–Kier alpha value is -2.74. The number of hydrogen-bond acceptors (Lipinski definition) is 2. The van der Waals surface area contributed by atoms with Gasteiger partial charge >= 0.3 is 0 Å². The number of methoxy groups -OCH3 is 2. The second kappa shape index (κ2) is 7.01. The van der Waals surface area contributed by atoms with Crippen LogP contribution in [0, 0.1) is 0 Å². The molecule has 3 rings (SSSR count). The summed E-state index contributed by atoms with van der Waals surface area (Å²) in [7, 11) is 3.40. The molecule has 0 unspecified atom stereocenters. The lowest BCUT2D eigenvalue weighted by molar-refractivity contribution is 0.384. The van der Waals surface area contributed by atoms with Crippen molar-refractivity contribution in [3.05, 3.63) is 95.6 Å². The monoisotopic (exact) mass is 304 g/mol. The molecule has 0 bridgehead atoms. The maximum atomic E-state index is 5.63. The molecule has 0 saturated carbocycles. The first-order chi connectivity index (χ1) is 11.3. The van der Waals surface area contributed by atoms with Gasteiger partial charge in [-0.25, -0.2) is 0 Å². The average molecular weight is 304 g/mol. The van der Waals surface area contributed by atoms with Crippen LogP contribution in [-0.4, -0.2) is 14.2 Å². The van der Waals surface area contributed by atoms with E-state index in [2.05, 4.69) is 48.5 Å². The second-order valence-corrected chi connectivity index (χ2v) is 5.33. The summed E-state index contributed by atoms with van der Waals surface area (Å²) >= 11 is 0. The van der Waals surface area contributed by atoms with E-state index in [0.717, 1.165) is 17.1 Å². The standard InChI is InChI=1S/C21H20O2/c1-22-18-14-9-15-19(23-2)21(18)20(16-10-5-3-6-11-16)17-12-7-4-8-13-17/h3-15,20H,1-2H3. The molecular weight excluding hydrogens is 284 g/mol. The fraction of sp³-hybridized carbons (Fsp3) is 0.143. The SMILES string of the molecule is COc1cccc(OC)c1C(c1ccccc1)c1ccccc1. The van der Waals surface area contributed by atoms with Gasteiger partial charge in [0.1, 0.15) is 11.5 Å². The van der Waals surface area contributed by atoms with Gasteiger partial charge in [0, 0.05) is 11.5 Å². The smallest absolute Gasteiger partial charge is 0.126 e. The molecule has 0 aliphatic carbocycles. The number of rotatable bonds is 5. The van der Waals surface area contributed by atoms with Crippen LogP contribution in [0.2, 0.25) is 0 Å². The van der Waals surface area contributed by atoms with Crippen molar-refractivity contribution in [1.82, 2.24) is 0 Å². The molecule has 0 amide bonds. The molecule has 3 aromatic carbocycles. The van der Waals surface area contributed by atoms with Gasteiger partial charge in [0.05, 0.1) is 14.2 Å². The Morgan fingerprint density at radius 1 is 0.565 bits per heavy atom. The van der Waals surface area contributed by atoms with E-state index in [1.165, 1.54) is 11.1 Å². The minimum Gasteiger partial charge on any atom is -0.496 e. The van der Waals surface area contributed by atoms with Crippen LogP contribution in [0.4, 0.5) is 0 Å². The summed E-state index contributed by atoms with van der Waals surface area (Å²) in [5, 5.41) is 0. The van der Waals surface area contributed by atoms with Crippen LogP contribution >= 0.6 is 0 Å². The maximum Gasteiger partial charge on any atom is 0.126 e. The Labute approximate surface area is 137 Å². The Balaban J connectivity index is 2.25. The van der Waals surface area contributed by atoms with Crippen LogP contribution in [-0.2, 0) is 0 Å². The summed E-state index contributed by atoms with van der Waals surface area (Å²) < 4.78 is 11.3. The third kappa shape index (κ3) is 3.07. The predicted octanol–water partition coefficient (Wildman–Crippen LogP) is 4.88. The van der Waals surface area contributed by atoms with Gasteiger partial charge in [-0.2, -0.15) is 0 Å². The van der Waals surface area contributed by atoms with Crippen molar-refractivity contribution in [2.75, 3.05) is 14.2 Å². The predicted molar refractivity (Wildman–Crippen MR) is 93.4 cm³/mol. The molecule has 116 valence electrons. The Morgan fingerprint density at radius 2 is 1.00 bits per heavy atom. The van der Waals surface area contributed by atoms with Crippen molar-refractivity contribution in [3.8, 4) is 11.5 Å². The molecule has 0 atom stereocenters. The zero-order chi connectivity index (χ0) is 16.1. The molecular formula is C21H20O2. The average Bonchev–Trinajstić information content (AvgIpc) is 2.64. The summed E-state index contributed by atoms with van der Waals surface area (Å²) in [6, 6.07) is 26.8. The lowest BCUT2D eigenvalue weighted by Crippen LogP contribution is -2.07. The largest absolute Gasteiger partial charge is 0.496 e. The Kier molecular flexibility index (Phi) is 4.62. The first kappa shape index (κ1) is 15.2. The first-order valence-corrected chi connectivity index (χ1v) is 7.66. The van der Waals surface area contributed by atoms with Gasteiger partial charge in [0.15, 0.2) is 0 Å². The van der Waals surface area contributed by atoms with E-state index in [9.17, 15) is 0 Å². The second-order valence-electron chi connectivity index (χ2n) is 5.33. The highest BCUT2D eigenvalue weighted by Gasteiger charge is 2.24. The van der Waals surface area contributed by atoms with Crippen molar-refractivity contribution in [2.45, 2.75) is 5.92 Å². The summed E-state index contributed by atoms with van der Waals surface area (Å²) in [4.78, 5) is 0. The molecule has 2 heteroatoms. The molecule has 0 aliphatic rings. The van der Waals surface area contributed by atoms with Gasteiger partial charge in [-0.3, -0.25) is 0 Å². The molecule has 0 fully saturated rings. The van der Waals surface area contributed by atoms with E-state index in [-0.39, 0.29) is 5.92 Å². The van der Waals surface area contributed by atoms with Crippen LogP contribution in [0.3, 0.4) is 0 Å². The molecule has 0 spiro atoms.